The van der Waals surface area contributed by atoms with Crippen molar-refractivity contribution in [1.82, 2.24) is 0 Å². The third-order valence-electron chi connectivity index (χ3n) is 10.2. The van der Waals surface area contributed by atoms with Gasteiger partial charge in [0.2, 0.25) is 0 Å². The summed E-state index contributed by atoms with van der Waals surface area (Å²) in [6.07, 6.45) is 0. The minimum absolute atomic E-state index is 0.222. The lowest BCUT2D eigenvalue weighted by atomic mass is 9.54. The monoisotopic (exact) mass is 574 g/mol. The van der Waals surface area contributed by atoms with Crippen molar-refractivity contribution in [2.24, 2.45) is 5.41 Å². The summed E-state index contributed by atoms with van der Waals surface area (Å²) in [5.74, 6) is -2.01. The number of likely N-dealkylation sites (N-methyl/N-ethyl adjacent to an activating group) is 1. The molecule has 9 nitrogen and oxygen atoms in total. The van der Waals surface area contributed by atoms with Crippen molar-refractivity contribution in [3.63, 3.8) is 0 Å². The molecule has 1 saturated heterocycles. The first-order chi connectivity index (χ1) is 19.4. The van der Waals surface area contributed by atoms with Gasteiger partial charge in [-0.05, 0) is 46.8 Å². The molecule has 1 fully saturated rings. The zero-order valence-corrected chi connectivity index (χ0v) is 25.9. The van der Waals surface area contributed by atoms with Crippen LogP contribution in [0.3, 0.4) is 0 Å². The van der Waals surface area contributed by atoms with Crippen LogP contribution in [0.15, 0.2) is 48.5 Å². The van der Waals surface area contributed by atoms with Gasteiger partial charge in [-0.3, -0.25) is 24.1 Å². The molecule has 3 heterocycles. The van der Waals surface area contributed by atoms with Crippen LogP contribution in [0.5, 0.6) is 0 Å². The van der Waals surface area contributed by atoms with Gasteiger partial charge in [0, 0.05) is 37.4 Å². The van der Waals surface area contributed by atoms with Crippen molar-refractivity contribution in [1.29, 1.82) is 0 Å². The lowest BCUT2D eigenvalue weighted by molar-refractivity contribution is -0.375. The maximum absolute atomic E-state index is 14.9. The van der Waals surface area contributed by atoms with E-state index in [0.29, 0.717) is 22.5 Å². The van der Waals surface area contributed by atoms with Crippen LogP contribution in [-0.2, 0) is 33.4 Å². The number of amides is 2. The standard InChI is InChI=1S/C33H38N2O7/c1-19(36)40-31(7)29(3,4)30(5,6)42-33(9,32(31,8)41-20(2)37)35-24-18-14-12-16-22(24)26(28(35)39)25-21-15-11-13-17-23(21)34(10)27(25)38/h11-18H,1-10H3/b26-25+. The van der Waals surface area contributed by atoms with Crippen LogP contribution in [0.1, 0.15) is 73.4 Å². The molecule has 3 atom stereocenters. The number of fused-ring (bicyclic) bond motifs is 2. The first-order valence-corrected chi connectivity index (χ1v) is 14.0. The highest BCUT2D eigenvalue weighted by Crippen LogP contribution is 2.63. The Bertz CT molecular complexity index is 1590. The predicted molar refractivity (Wildman–Crippen MR) is 158 cm³/mol. The summed E-state index contributed by atoms with van der Waals surface area (Å²) in [5.41, 5.74) is -4.02. The van der Waals surface area contributed by atoms with Gasteiger partial charge in [-0.2, -0.15) is 0 Å². The topological polar surface area (TPSA) is 102 Å². The molecule has 5 rings (SSSR count). The molecule has 0 N–H and O–H groups in total. The van der Waals surface area contributed by atoms with Crippen LogP contribution >= 0.6 is 0 Å². The third-order valence-corrected chi connectivity index (χ3v) is 10.2. The average molecular weight is 575 g/mol. The molecule has 3 aliphatic rings. The van der Waals surface area contributed by atoms with Gasteiger partial charge in [0.1, 0.15) is 0 Å². The molecular weight excluding hydrogens is 536 g/mol. The first-order valence-electron chi connectivity index (χ1n) is 14.0. The average Bonchev–Trinajstić information content (AvgIpc) is 3.31. The van der Waals surface area contributed by atoms with Crippen LogP contribution in [0.4, 0.5) is 11.4 Å². The Labute approximate surface area is 246 Å². The van der Waals surface area contributed by atoms with Gasteiger partial charge in [0.05, 0.1) is 28.1 Å². The zero-order chi connectivity index (χ0) is 31.2. The Morgan fingerprint density at radius 3 is 1.69 bits per heavy atom. The molecule has 42 heavy (non-hydrogen) atoms. The molecule has 0 saturated carbocycles. The summed E-state index contributed by atoms with van der Waals surface area (Å²) in [4.78, 5) is 57.0. The molecule has 2 aromatic rings. The maximum atomic E-state index is 14.9. The molecular formula is C33H38N2O7. The van der Waals surface area contributed by atoms with Gasteiger partial charge in [-0.15, -0.1) is 0 Å². The van der Waals surface area contributed by atoms with E-state index in [9.17, 15) is 19.2 Å². The second-order valence-electron chi connectivity index (χ2n) is 12.8. The minimum atomic E-state index is -1.73. The largest absolute Gasteiger partial charge is 0.454 e. The van der Waals surface area contributed by atoms with Crippen LogP contribution < -0.4 is 9.80 Å². The van der Waals surface area contributed by atoms with Gasteiger partial charge in [0.15, 0.2) is 16.9 Å². The van der Waals surface area contributed by atoms with E-state index in [1.807, 2.05) is 52.0 Å². The van der Waals surface area contributed by atoms with Crippen LogP contribution in [0, 0.1) is 5.41 Å². The Morgan fingerprint density at radius 2 is 1.14 bits per heavy atom. The number of para-hydroxylation sites is 2. The van der Waals surface area contributed by atoms with Crippen molar-refractivity contribution < 1.29 is 33.4 Å². The number of anilines is 2. The van der Waals surface area contributed by atoms with Crippen molar-refractivity contribution in [2.45, 2.75) is 84.8 Å². The number of esters is 2. The van der Waals surface area contributed by atoms with E-state index < -0.39 is 45.8 Å². The highest BCUT2D eigenvalue weighted by Gasteiger charge is 2.78. The Morgan fingerprint density at radius 1 is 0.690 bits per heavy atom. The van der Waals surface area contributed by atoms with E-state index in [-0.39, 0.29) is 17.1 Å². The summed E-state index contributed by atoms with van der Waals surface area (Å²) < 4.78 is 19.2. The highest BCUT2D eigenvalue weighted by molar-refractivity contribution is 6.50. The smallest absolute Gasteiger partial charge is 0.303 e. The van der Waals surface area contributed by atoms with Crippen molar-refractivity contribution in [3.05, 3.63) is 59.7 Å². The Hall–Kier alpha value is -3.98. The quantitative estimate of drug-likeness (QED) is 0.371. The van der Waals surface area contributed by atoms with Gasteiger partial charge >= 0.3 is 11.9 Å². The van der Waals surface area contributed by atoms with Crippen LogP contribution in [0.2, 0.25) is 0 Å². The molecule has 2 aromatic carbocycles. The molecule has 2 amide bonds. The molecule has 0 aliphatic carbocycles. The normalized spacial score (nSPS) is 31.1. The summed E-state index contributed by atoms with van der Waals surface area (Å²) in [5, 5.41) is 0. The van der Waals surface area contributed by atoms with Gasteiger partial charge < -0.3 is 19.1 Å². The Balaban J connectivity index is 1.84. The van der Waals surface area contributed by atoms with Gasteiger partial charge in [-0.1, -0.05) is 50.2 Å². The maximum Gasteiger partial charge on any atom is 0.303 e. The number of ether oxygens (including phenoxy) is 3. The number of hydrogen-bond donors (Lipinski definition) is 0. The second kappa shape index (κ2) is 9.01. The molecule has 9 heteroatoms. The third kappa shape index (κ3) is 3.52. The summed E-state index contributed by atoms with van der Waals surface area (Å²) in [6.45, 7) is 15.1. The van der Waals surface area contributed by atoms with Crippen molar-refractivity contribution in [3.8, 4) is 0 Å². The molecule has 3 unspecified atom stereocenters. The first kappa shape index (κ1) is 29.5. The lowest BCUT2D eigenvalue weighted by Gasteiger charge is -2.69. The number of rotatable bonds is 3. The fourth-order valence-electron chi connectivity index (χ4n) is 7.08. The second-order valence-corrected chi connectivity index (χ2v) is 12.8. The molecule has 3 aliphatic heterocycles. The molecule has 0 spiro atoms. The highest BCUT2D eigenvalue weighted by atomic mass is 16.6. The summed E-state index contributed by atoms with van der Waals surface area (Å²) in [7, 11) is 1.68. The Kier molecular flexibility index (Phi) is 6.33. The van der Waals surface area contributed by atoms with E-state index in [0.717, 1.165) is 0 Å². The van der Waals surface area contributed by atoms with Gasteiger partial charge in [-0.25, -0.2) is 0 Å². The van der Waals surface area contributed by atoms with E-state index in [1.54, 1.807) is 52.1 Å². The lowest BCUT2D eigenvalue weighted by Crippen LogP contribution is -2.84. The fourth-order valence-corrected chi connectivity index (χ4v) is 7.08. The number of benzene rings is 2. The van der Waals surface area contributed by atoms with E-state index in [4.69, 9.17) is 14.2 Å². The predicted octanol–water partition coefficient (Wildman–Crippen LogP) is 5.12. The van der Waals surface area contributed by atoms with Crippen LogP contribution in [0.25, 0.3) is 11.1 Å². The molecule has 0 radical (unpaired) electrons. The number of carbonyl (C=O) groups excluding carboxylic acids is 4. The zero-order valence-electron chi connectivity index (χ0n) is 25.9. The molecule has 0 bridgehead atoms. The number of carbonyl (C=O) groups is 4. The van der Waals surface area contributed by atoms with Crippen molar-refractivity contribution in [2.75, 3.05) is 16.8 Å². The number of nitrogens with zero attached hydrogens (tertiary/aromatic N) is 2. The summed E-state index contributed by atoms with van der Waals surface area (Å²) in [6, 6.07) is 14.5. The minimum Gasteiger partial charge on any atom is -0.454 e. The summed E-state index contributed by atoms with van der Waals surface area (Å²) >= 11 is 0. The van der Waals surface area contributed by atoms with Gasteiger partial charge in [0.25, 0.3) is 11.8 Å². The van der Waals surface area contributed by atoms with E-state index >= 15 is 0 Å². The van der Waals surface area contributed by atoms with Crippen LogP contribution in [-0.4, -0.2) is 53.3 Å². The molecule has 222 valence electrons. The SMILES string of the molecule is CC(=O)OC1(C)C(C)(N2C(=O)/C(=C3/C(=O)N(C)c4ccccc43)c3ccccc32)OC(C)(C)C(C)(C)C1(C)OC(C)=O. The fraction of sp³-hybridized carbons (Fsp3) is 0.455. The van der Waals surface area contributed by atoms with E-state index in [1.165, 1.54) is 23.6 Å². The van der Waals surface area contributed by atoms with E-state index in [2.05, 4.69) is 0 Å². The molecule has 0 aromatic heterocycles. The van der Waals surface area contributed by atoms with Crippen molar-refractivity contribution >= 4 is 46.3 Å². The number of hydrogen-bond acceptors (Lipinski definition) is 7.